The first kappa shape index (κ1) is 18.0. The van der Waals surface area contributed by atoms with Gasteiger partial charge in [0.2, 0.25) is 0 Å². The number of ether oxygens (including phenoxy) is 1. The smallest absolute Gasteiger partial charge is 0.130 e. The quantitative estimate of drug-likeness (QED) is 0.503. The zero-order valence-corrected chi connectivity index (χ0v) is 15.9. The molecule has 1 aromatic heterocycles. The number of quaternary nitrogens is 2. The van der Waals surface area contributed by atoms with Crippen LogP contribution in [0.2, 0.25) is 0 Å². The number of methoxy groups -OCH3 is 1. The standard InChI is InChI=1S/C22H27N3O2/c1-27-18-7-8-21-19(13-18)20(14-23-21)22(26)16-25-11-9-24(10-12-25)15-17-5-3-2-4-6-17/h2-8,13-14,22-23,26H,9-12,15-16H2,1H3/p+2/t22-/m1/s1. The summed E-state index contributed by atoms with van der Waals surface area (Å²) in [6, 6.07) is 16.7. The third-order valence-electron chi connectivity index (χ3n) is 5.72. The van der Waals surface area contributed by atoms with Gasteiger partial charge in [-0.3, -0.25) is 0 Å². The highest BCUT2D eigenvalue weighted by molar-refractivity contribution is 5.85. The van der Waals surface area contributed by atoms with E-state index in [1.165, 1.54) is 10.5 Å². The number of aliphatic hydroxyl groups excluding tert-OH is 1. The number of rotatable bonds is 6. The molecule has 1 aliphatic rings. The van der Waals surface area contributed by atoms with Crippen LogP contribution < -0.4 is 14.5 Å². The van der Waals surface area contributed by atoms with Gasteiger partial charge >= 0.3 is 0 Å². The predicted molar refractivity (Wildman–Crippen MR) is 106 cm³/mol. The van der Waals surface area contributed by atoms with Gasteiger partial charge in [0, 0.05) is 28.2 Å². The molecule has 27 heavy (non-hydrogen) atoms. The van der Waals surface area contributed by atoms with Crippen molar-refractivity contribution in [1.29, 1.82) is 0 Å². The highest BCUT2D eigenvalue weighted by Crippen LogP contribution is 2.27. The second kappa shape index (κ2) is 8.13. The Labute approximate surface area is 160 Å². The highest BCUT2D eigenvalue weighted by atomic mass is 16.5. The van der Waals surface area contributed by atoms with E-state index < -0.39 is 6.10 Å². The fourth-order valence-corrected chi connectivity index (χ4v) is 4.13. The summed E-state index contributed by atoms with van der Waals surface area (Å²) in [5.74, 6) is 0.820. The number of aromatic amines is 1. The molecular weight excluding hydrogens is 338 g/mol. The number of aliphatic hydroxyl groups is 1. The SMILES string of the molecule is COc1ccc2[nH]cc([C@H](O)C[NH+]3CC[NH+](Cc4ccccc4)CC3)c2c1. The van der Waals surface area contributed by atoms with Gasteiger partial charge in [-0.05, 0) is 18.2 Å². The lowest BCUT2D eigenvalue weighted by atomic mass is 10.1. The van der Waals surface area contributed by atoms with Crippen molar-refractivity contribution < 1.29 is 19.6 Å². The summed E-state index contributed by atoms with van der Waals surface area (Å²) in [6.45, 7) is 6.36. The third kappa shape index (κ3) is 4.16. The maximum absolute atomic E-state index is 10.8. The zero-order valence-electron chi connectivity index (χ0n) is 15.9. The number of nitrogens with one attached hydrogen (secondary N) is 3. The van der Waals surface area contributed by atoms with Crippen molar-refractivity contribution in [1.82, 2.24) is 4.98 Å². The summed E-state index contributed by atoms with van der Waals surface area (Å²) in [7, 11) is 1.67. The van der Waals surface area contributed by atoms with Gasteiger partial charge in [0.05, 0.1) is 7.11 Å². The van der Waals surface area contributed by atoms with Gasteiger partial charge in [-0.2, -0.15) is 0 Å². The van der Waals surface area contributed by atoms with E-state index in [9.17, 15) is 5.11 Å². The molecule has 0 aliphatic carbocycles. The minimum atomic E-state index is -0.462. The van der Waals surface area contributed by atoms with E-state index in [4.69, 9.17) is 4.74 Å². The van der Waals surface area contributed by atoms with E-state index in [1.807, 2.05) is 24.4 Å². The van der Waals surface area contributed by atoms with Crippen LogP contribution in [-0.4, -0.2) is 49.9 Å². The van der Waals surface area contributed by atoms with E-state index in [0.717, 1.165) is 61.5 Å². The minimum Gasteiger partial charge on any atom is -0.497 e. The van der Waals surface area contributed by atoms with Crippen LogP contribution in [0.15, 0.2) is 54.7 Å². The van der Waals surface area contributed by atoms with E-state index in [2.05, 4.69) is 35.3 Å². The first-order valence-electron chi connectivity index (χ1n) is 9.77. The van der Waals surface area contributed by atoms with Crippen molar-refractivity contribution in [2.24, 2.45) is 0 Å². The molecule has 0 radical (unpaired) electrons. The lowest BCUT2D eigenvalue weighted by Gasteiger charge is -2.30. The molecule has 0 amide bonds. The molecule has 0 unspecified atom stereocenters. The molecule has 1 aliphatic heterocycles. The Hall–Kier alpha value is -2.34. The molecule has 1 fully saturated rings. The molecule has 3 aromatic rings. The number of fused-ring (bicyclic) bond motifs is 1. The first-order valence-corrected chi connectivity index (χ1v) is 9.77. The summed E-state index contributed by atoms with van der Waals surface area (Å²) in [4.78, 5) is 6.38. The third-order valence-corrected chi connectivity index (χ3v) is 5.72. The summed E-state index contributed by atoms with van der Waals surface area (Å²) in [6.07, 6.45) is 1.47. The molecule has 5 nitrogen and oxygen atoms in total. The molecule has 0 spiro atoms. The predicted octanol–water partition coefficient (Wildman–Crippen LogP) is 0.194. The number of hydrogen-bond acceptors (Lipinski definition) is 2. The van der Waals surface area contributed by atoms with Crippen LogP contribution in [0.4, 0.5) is 0 Å². The summed E-state index contributed by atoms with van der Waals surface area (Å²) < 4.78 is 5.33. The second-order valence-corrected chi connectivity index (χ2v) is 7.54. The van der Waals surface area contributed by atoms with Gasteiger partial charge in [-0.1, -0.05) is 30.3 Å². The van der Waals surface area contributed by atoms with Crippen LogP contribution in [-0.2, 0) is 6.54 Å². The van der Waals surface area contributed by atoms with Crippen LogP contribution in [0.1, 0.15) is 17.2 Å². The molecule has 4 rings (SSSR count). The normalized spacial score (nSPS) is 21.3. The summed E-state index contributed by atoms with van der Waals surface area (Å²) in [5.41, 5.74) is 3.41. The number of H-pyrrole nitrogens is 1. The van der Waals surface area contributed by atoms with Crippen LogP contribution in [0.3, 0.4) is 0 Å². The van der Waals surface area contributed by atoms with Crippen molar-refractivity contribution in [3.05, 3.63) is 65.9 Å². The Balaban J connectivity index is 1.35. The lowest BCUT2D eigenvalue weighted by molar-refractivity contribution is -1.02. The van der Waals surface area contributed by atoms with Crippen molar-refractivity contribution in [2.45, 2.75) is 12.6 Å². The molecule has 1 saturated heterocycles. The largest absolute Gasteiger partial charge is 0.497 e. The molecule has 0 saturated carbocycles. The van der Waals surface area contributed by atoms with Gasteiger partial charge in [-0.25, -0.2) is 0 Å². The Kier molecular flexibility index (Phi) is 5.43. The molecule has 5 heteroatoms. The van der Waals surface area contributed by atoms with Crippen LogP contribution in [0, 0.1) is 0 Å². The van der Waals surface area contributed by atoms with E-state index in [1.54, 1.807) is 12.0 Å². The van der Waals surface area contributed by atoms with Crippen molar-refractivity contribution in [3.8, 4) is 5.75 Å². The average molecular weight is 367 g/mol. The van der Waals surface area contributed by atoms with Gasteiger partial charge < -0.3 is 24.6 Å². The Morgan fingerprint density at radius 3 is 2.52 bits per heavy atom. The lowest BCUT2D eigenvalue weighted by Crippen LogP contribution is -3.27. The van der Waals surface area contributed by atoms with E-state index in [0.29, 0.717) is 0 Å². The number of aromatic nitrogens is 1. The Morgan fingerprint density at radius 2 is 1.78 bits per heavy atom. The van der Waals surface area contributed by atoms with Gasteiger partial charge in [0.15, 0.2) is 0 Å². The van der Waals surface area contributed by atoms with Gasteiger partial charge in [0.1, 0.15) is 51.1 Å². The first-order chi connectivity index (χ1) is 13.2. The van der Waals surface area contributed by atoms with Crippen molar-refractivity contribution in [3.63, 3.8) is 0 Å². The minimum absolute atomic E-state index is 0.462. The highest BCUT2D eigenvalue weighted by Gasteiger charge is 2.26. The number of hydrogen-bond donors (Lipinski definition) is 4. The number of piperazine rings is 1. The molecule has 2 heterocycles. The zero-order chi connectivity index (χ0) is 18.6. The van der Waals surface area contributed by atoms with Gasteiger partial charge in [-0.15, -0.1) is 0 Å². The molecule has 1 atom stereocenters. The fraction of sp³-hybridized carbons (Fsp3) is 0.364. The summed E-state index contributed by atoms with van der Waals surface area (Å²) in [5, 5.41) is 11.9. The molecule has 0 bridgehead atoms. The van der Waals surface area contributed by atoms with Crippen LogP contribution in [0.25, 0.3) is 10.9 Å². The maximum Gasteiger partial charge on any atom is 0.130 e. The monoisotopic (exact) mass is 367 g/mol. The topological polar surface area (TPSA) is 54.1 Å². The average Bonchev–Trinajstić information content (AvgIpc) is 3.13. The van der Waals surface area contributed by atoms with Crippen molar-refractivity contribution >= 4 is 10.9 Å². The molecule has 4 N–H and O–H groups in total. The summed E-state index contributed by atoms with van der Waals surface area (Å²) >= 11 is 0. The molecular formula is C22H29N3O2+2. The maximum atomic E-state index is 10.8. The van der Waals surface area contributed by atoms with E-state index in [-0.39, 0.29) is 0 Å². The second-order valence-electron chi connectivity index (χ2n) is 7.54. The fourth-order valence-electron chi connectivity index (χ4n) is 4.13. The van der Waals surface area contributed by atoms with Crippen molar-refractivity contribution in [2.75, 3.05) is 39.8 Å². The number of benzene rings is 2. The van der Waals surface area contributed by atoms with Crippen LogP contribution >= 0.6 is 0 Å². The Bertz CT molecular complexity index is 870. The Morgan fingerprint density at radius 1 is 1.04 bits per heavy atom. The molecule has 142 valence electrons. The van der Waals surface area contributed by atoms with Crippen LogP contribution in [0.5, 0.6) is 5.75 Å². The van der Waals surface area contributed by atoms with Gasteiger partial charge in [0.25, 0.3) is 0 Å². The molecule has 2 aromatic carbocycles. The van der Waals surface area contributed by atoms with E-state index >= 15 is 0 Å².